The van der Waals surface area contributed by atoms with Gasteiger partial charge in [0.05, 0.1) is 25.3 Å². The Kier molecular flexibility index (Phi) is 6.00. The molecule has 2 aliphatic rings. The van der Waals surface area contributed by atoms with E-state index < -0.39 is 5.54 Å². The third kappa shape index (κ3) is 4.03. The second kappa shape index (κ2) is 8.96. The van der Waals surface area contributed by atoms with Gasteiger partial charge < -0.3 is 24.3 Å². The fraction of sp³-hybridized carbons (Fsp3) is 0.385. The Bertz CT molecular complexity index is 1250. The third-order valence-corrected chi connectivity index (χ3v) is 7.11. The van der Waals surface area contributed by atoms with Crippen LogP contribution in [0.3, 0.4) is 0 Å². The first-order chi connectivity index (χ1) is 16.4. The maximum Gasteiger partial charge on any atom is 0.271 e. The topological polar surface area (TPSA) is 72.8 Å². The number of rotatable bonds is 6. The van der Waals surface area contributed by atoms with E-state index in [1.165, 1.54) is 0 Å². The van der Waals surface area contributed by atoms with E-state index in [4.69, 9.17) is 21.1 Å². The zero-order chi connectivity index (χ0) is 23.9. The summed E-state index contributed by atoms with van der Waals surface area (Å²) in [6, 6.07) is 15.0. The molecule has 8 heteroatoms. The van der Waals surface area contributed by atoms with Crippen molar-refractivity contribution in [3.05, 3.63) is 64.8 Å². The predicted octanol–water partition coefficient (Wildman–Crippen LogP) is 4.01. The smallest absolute Gasteiger partial charge is 0.271 e. The predicted molar refractivity (Wildman–Crippen MR) is 130 cm³/mol. The summed E-state index contributed by atoms with van der Waals surface area (Å²) in [5.41, 5.74) is 1.17. The zero-order valence-corrected chi connectivity index (χ0v) is 20.1. The molecule has 1 saturated heterocycles. The van der Waals surface area contributed by atoms with Crippen molar-refractivity contribution < 1.29 is 19.1 Å². The van der Waals surface area contributed by atoms with Crippen LogP contribution < -0.4 is 10.1 Å². The molecular formula is C26H28ClN3O4. The molecule has 5 rings (SSSR count). The molecule has 2 aromatic carbocycles. The average molecular weight is 482 g/mol. The number of methoxy groups -OCH3 is 1. The second-order valence-electron chi connectivity index (χ2n) is 9.18. The molecule has 34 heavy (non-hydrogen) atoms. The van der Waals surface area contributed by atoms with Crippen molar-refractivity contribution in [2.45, 2.75) is 44.5 Å². The average Bonchev–Trinajstić information content (AvgIpc) is 3.48. The fourth-order valence-corrected chi connectivity index (χ4v) is 5.14. The van der Waals surface area contributed by atoms with Gasteiger partial charge in [-0.3, -0.25) is 9.59 Å². The monoisotopic (exact) mass is 481 g/mol. The number of ether oxygens (including phenoxy) is 2. The van der Waals surface area contributed by atoms with Gasteiger partial charge in [0.1, 0.15) is 17.0 Å². The fourth-order valence-electron chi connectivity index (χ4n) is 4.93. The van der Waals surface area contributed by atoms with E-state index in [0.717, 1.165) is 35.9 Å². The van der Waals surface area contributed by atoms with E-state index in [9.17, 15) is 9.59 Å². The van der Waals surface area contributed by atoms with Gasteiger partial charge in [0, 0.05) is 36.2 Å². The van der Waals surface area contributed by atoms with Crippen LogP contribution >= 0.6 is 11.6 Å². The van der Waals surface area contributed by atoms with Gasteiger partial charge in [-0.25, -0.2) is 0 Å². The number of fused-ring (bicyclic) bond motifs is 3. The lowest BCUT2D eigenvalue weighted by Crippen LogP contribution is -2.64. The first-order valence-electron chi connectivity index (χ1n) is 11.5. The molecule has 1 aromatic heterocycles. The molecule has 178 valence electrons. The van der Waals surface area contributed by atoms with Gasteiger partial charge in [0.25, 0.3) is 5.91 Å². The van der Waals surface area contributed by atoms with Crippen LogP contribution in [0.5, 0.6) is 5.75 Å². The van der Waals surface area contributed by atoms with E-state index in [-0.39, 0.29) is 24.5 Å². The maximum atomic E-state index is 13.8. The van der Waals surface area contributed by atoms with Crippen LogP contribution in [0.2, 0.25) is 5.02 Å². The highest BCUT2D eigenvalue weighted by Crippen LogP contribution is 2.35. The molecule has 2 aliphatic heterocycles. The van der Waals surface area contributed by atoms with Gasteiger partial charge in [-0.15, -0.1) is 0 Å². The highest BCUT2D eigenvalue weighted by molar-refractivity contribution is 6.30. The Hall–Kier alpha value is -3.03. The molecule has 0 bridgehead atoms. The summed E-state index contributed by atoms with van der Waals surface area (Å²) in [4.78, 5) is 29.2. The Labute approximate surface area is 203 Å². The van der Waals surface area contributed by atoms with Crippen LogP contribution in [0.4, 0.5) is 0 Å². The van der Waals surface area contributed by atoms with Crippen molar-refractivity contribution in [3.8, 4) is 5.75 Å². The van der Waals surface area contributed by atoms with Crippen molar-refractivity contribution in [2.24, 2.45) is 0 Å². The quantitative estimate of drug-likeness (QED) is 0.577. The number of nitrogens with one attached hydrogen (secondary N) is 1. The van der Waals surface area contributed by atoms with Crippen LogP contribution in [-0.2, 0) is 22.6 Å². The number of hydrogen-bond acceptors (Lipinski definition) is 4. The standard InChI is InChI=1S/C26H28ClN3O4/c1-26(25(32)28-14-21-7-4-10-34-21)16-29-22-13-20(33-2)9-8-18(22)12-23(29)24(31)30(26)15-17-5-3-6-19(27)11-17/h3,5-6,8-9,11-13,21H,4,7,10,14-16H2,1-2H3,(H,28,32)/t21-,26-/m0/s1. The molecule has 0 spiro atoms. The Morgan fingerprint density at radius 2 is 2.12 bits per heavy atom. The van der Waals surface area contributed by atoms with Gasteiger partial charge in [-0.1, -0.05) is 23.7 Å². The number of benzene rings is 2. The highest BCUT2D eigenvalue weighted by Gasteiger charge is 2.47. The van der Waals surface area contributed by atoms with E-state index in [2.05, 4.69) is 5.32 Å². The molecule has 0 radical (unpaired) electrons. The summed E-state index contributed by atoms with van der Waals surface area (Å²) in [6.45, 7) is 3.57. The van der Waals surface area contributed by atoms with Gasteiger partial charge in [-0.2, -0.15) is 0 Å². The molecule has 3 heterocycles. The van der Waals surface area contributed by atoms with Crippen molar-refractivity contribution in [2.75, 3.05) is 20.3 Å². The van der Waals surface area contributed by atoms with Gasteiger partial charge >= 0.3 is 0 Å². The summed E-state index contributed by atoms with van der Waals surface area (Å²) in [5.74, 6) is 0.302. The van der Waals surface area contributed by atoms with Gasteiger partial charge in [-0.05, 0) is 55.7 Å². The summed E-state index contributed by atoms with van der Waals surface area (Å²) < 4.78 is 13.0. The van der Waals surface area contributed by atoms with Crippen LogP contribution in [0.1, 0.15) is 35.8 Å². The lowest BCUT2D eigenvalue weighted by Gasteiger charge is -2.44. The van der Waals surface area contributed by atoms with E-state index in [0.29, 0.717) is 29.6 Å². The minimum Gasteiger partial charge on any atom is -0.497 e. The van der Waals surface area contributed by atoms with E-state index in [1.807, 2.05) is 54.0 Å². The minimum atomic E-state index is -1.11. The van der Waals surface area contributed by atoms with Crippen molar-refractivity contribution in [3.63, 3.8) is 0 Å². The van der Waals surface area contributed by atoms with Crippen molar-refractivity contribution >= 4 is 34.3 Å². The molecular weight excluding hydrogens is 454 g/mol. The number of aromatic nitrogens is 1. The molecule has 0 aliphatic carbocycles. The second-order valence-corrected chi connectivity index (χ2v) is 9.62. The molecule has 3 aromatic rings. The van der Waals surface area contributed by atoms with Crippen molar-refractivity contribution in [1.29, 1.82) is 0 Å². The SMILES string of the molecule is COc1ccc2cc3n(c2c1)C[C@@](C)(C(=O)NC[C@@H]1CCCO1)N(Cc1cccc(Cl)c1)C3=O. The number of nitrogens with zero attached hydrogens (tertiary/aromatic N) is 2. The normalized spacial score (nSPS) is 22.1. The van der Waals surface area contributed by atoms with Crippen LogP contribution in [-0.4, -0.2) is 53.2 Å². The number of carbonyl (C=O) groups is 2. The summed E-state index contributed by atoms with van der Waals surface area (Å²) in [7, 11) is 1.61. The Morgan fingerprint density at radius 1 is 1.26 bits per heavy atom. The summed E-state index contributed by atoms with van der Waals surface area (Å²) >= 11 is 6.21. The lowest BCUT2D eigenvalue weighted by molar-refractivity contribution is -0.133. The van der Waals surface area contributed by atoms with E-state index >= 15 is 0 Å². The number of amides is 2. The molecule has 7 nitrogen and oxygen atoms in total. The molecule has 0 saturated carbocycles. The summed E-state index contributed by atoms with van der Waals surface area (Å²) in [5, 5.41) is 4.57. The first-order valence-corrected chi connectivity index (χ1v) is 11.9. The molecule has 0 unspecified atom stereocenters. The summed E-state index contributed by atoms with van der Waals surface area (Å²) in [6.07, 6.45) is 1.94. The lowest BCUT2D eigenvalue weighted by atomic mass is 9.93. The number of carbonyl (C=O) groups excluding carboxylic acids is 2. The zero-order valence-electron chi connectivity index (χ0n) is 19.3. The number of halogens is 1. The maximum absolute atomic E-state index is 13.8. The molecule has 1 fully saturated rings. The van der Waals surface area contributed by atoms with Gasteiger partial charge in [0.15, 0.2) is 0 Å². The third-order valence-electron chi connectivity index (χ3n) is 6.87. The van der Waals surface area contributed by atoms with Crippen LogP contribution in [0.15, 0.2) is 48.5 Å². The van der Waals surface area contributed by atoms with E-state index in [1.54, 1.807) is 18.1 Å². The Morgan fingerprint density at radius 3 is 2.85 bits per heavy atom. The van der Waals surface area contributed by atoms with Crippen molar-refractivity contribution in [1.82, 2.24) is 14.8 Å². The molecule has 1 N–H and O–H groups in total. The highest BCUT2D eigenvalue weighted by atomic mass is 35.5. The minimum absolute atomic E-state index is 0.0143. The van der Waals surface area contributed by atoms with Crippen LogP contribution in [0.25, 0.3) is 10.9 Å². The molecule has 2 amide bonds. The Balaban J connectivity index is 1.54. The van der Waals surface area contributed by atoms with Crippen LogP contribution in [0, 0.1) is 0 Å². The largest absolute Gasteiger partial charge is 0.497 e. The first kappa shape index (κ1) is 22.7. The molecule has 2 atom stereocenters. The van der Waals surface area contributed by atoms with Gasteiger partial charge in [0.2, 0.25) is 5.91 Å². The number of hydrogen-bond donors (Lipinski definition) is 1.